The summed E-state index contributed by atoms with van der Waals surface area (Å²) >= 11 is 0. The van der Waals surface area contributed by atoms with E-state index in [1.807, 2.05) is 23.9 Å². The minimum Gasteiger partial charge on any atom is -0.508 e. The lowest BCUT2D eigenvalue weighted by molar-refractivity contribution is -0.134. The molecule has 5 aromatic rings. The molecule has 0 bridgehead atoms. The van der Waals surface area contributed by atoms with Crippen LogP contribution >= 0.6 is 0 Å². The summed E-state index contributed by atoms with van der Waals surface area (Å²) in [5, 5.41) is 18.4. The lowest BCUT2D eigenvalue weighted by Gasteiger charge is -2.40. The number of ether oxygens (including phenoxy) is 1. The van der Waals surface area contributed by atoms with Gasteiger partial charge < -0.3 is 19.6 Å². The van der Waals surface area contributed by atoms with Crippen molar-refractivity contribution >= 4 is 34.1 Å². The molecule has 278 valence electrons. The van der Waals surface area contributed by atoms with E-state index in [-0.39, 0.29) is 35.5 Å². The third-order valence-electron chi connectivity index (χ3n) is 12.2. The molecule has 3 fully saturated rings. The Morgan fingerprint density at radius 2 is 1.54 bits per heavy atom. The molecule has 2 N–H and O–H groups in total. The smallest absolute Gasteiger partial charge is 0.235 e. The molecule has 4 aliphatic heterocycles. The van der Waals surface area contributed by atoms with E-state index in [9.17, 15) is 14.7 Å². The summed E-state index contributed by atoms with van der Waals surface area (Å²) in [7, 11) is 1.93. The maximum Gasteiger partial charge on any atom is 0.235 e. The van der Waals surface area contributed by atoms with E-state index < -0.39 is 0 Å². The van der Waals surface area contributed by atoms with Gasteiger partial charge in [-0.1, -0.05) is 48.5 Å². The summed E-state index contributed by atoms with van der Waals surface area (Å²) in [5.74, 6) is 0.183. The van der Waals surface area contributed by atoms with Gasteiger partial charge in [0.15, 0.2) is 0 Å². The molecule has 0 radical (unpaired) electrons. The van der Waals surface area contributed by atoms with Crippen molar-refractivity contribution in [1.29, 1.82) is 0 Å². The van der Waals surface area contributed by atoms with Gasteiger partial charge in [0.1, 0.15) is 5.75 Å². The number of phenols is 1. The fourth-order valence-corrected chi connectivity index (χ4v) is 9.25. The lowest BCUT2D eigenvalue weighted by Crippen LogP contribution is -2.49. The van der Waals surface area contributed by atoms with E-state index in [0.29, 0.717) is 25.4 Å². The Hall–Kier alpha value is -5.19. The number of carbonyl (C=O) groups is 2. The zero-order valence-corrected chi connectivity index (χ0v) is 30.9. The maximum absolute atomic E-state index is 12.6. The molecule has 0 spiro atoms. The van der Waals surface area contributed by atoms with E-state index in [1.54, 1.807) is 6.07 Å². The number of fused-ring (bicyclic) bond motifs is 2. The highest BCUT2D eigenvalue weighted by Crippen LogP contribution is 2.46. The highest BCUT2D eigenvalue weighted by atomic mass is 16.5. The molecule has 0 aliphatic carbocycles. The first-order valence-corrected chi connectivity index (χ1v) is 19.5. The third-order valence-corrected chi connectivity index (χ3v) is 12.2. The first kappa shape index (κ1) is 34.6. The summed E-state index contributed by atoms with van der Waals surface area (Å²) < 4.78 is 8.33. The van der Waals surface area contributed by atoms with E-state index in [2.05, 4.69) is 92.8 Å². The molecule has 4 aromatic carbocycles. The topological polar surface area (TPSA) is 103 Å². The number of carbonyl (C=O) groups excluding carboxylic acids is 2. The molecule has 54 heavy (non-hydrogen) atoms. The number of amides is 2. The highest BCUT2D eigenvalue weighted by Gasteiger charge is 2.34. The van der Waals surface area contributed by atoms with Gasteiger partial charge in [-0.25, -0.2) is 0 Å². The normalized spacial score (nSPS) is 22.7. The molecule has 10 heteroatoms. The van der Waals surface area contributed by atoms with Crippen molar-refractivity contribution < 1.29 is 19.4 Å². The van der Waals surface area contributed by atoms with E-state index >= 15 is 0 Å². The predicted molar refractivity (Wildman–Crippen MR) is 210 cm³/mol. The standard InChI is InChI=1S/C44H48N6O4/c1-47-39-26-34(11-13-37(39)42(46-47)38-15-16-40(52)45-44(38)53)50-23-21-48(22-24-50)27-29-17-19-49(20-18-29)33-9-7-30(8-10-33)41-36-14-12-35(51)25-32(36)28-54-43(41)31-5-3-2-4-6-31/h2-14,25-26,29,38,41,43,51H,15-24,27-28H2,1H3,(H,45,52,53)/t38-,41-,43-/m1/s1. The number of phenolic OH excluding ortho intramolecular Hbond substituents is 1. The van der Waals surface area contributed by atoms with E-state index in [4.69, 9.17) is 9.84 Å². The Labute approximate surface area is 316 Å². The largest absolute Gasteiger partial charge is 0.508 e. The molecule has 10 nitrogen and oxygen atoms in total. The fourth-order valence-electron chi connectivity index (χ4n) is 9.25. The maximum atomic E-state index is 12.6. The van der Waals surface area contributed by atoms with Crippen molar-refractivity contribution in [2.75, 3.05) is 55.6 Å². The summed E-state index contributed by atoms with van der Waals surface area (Å²) in [6.45, 7) is 7.83. The summed E-state index contributed by atoms with van der Waals surface area (Å²) in [6.07, 6.45) is 3.15. The molecule has 1 aromatic heterocycles. The number of aromatic hydroxyl groups is 1. The van der Waals surface area contributed by atoms with Crippen LogP contribution in [0.5, 0.6) is 5.75 Å². The van der Waals surface area contributed by atoms with Crippen LogP contribution in [-0.2, 0) is 28.0 Å². The number of hydrogen-bond acceptors (Lipinski definition) is 8. The van der Waals surface area contributed by atoms with Crippen LogP contribution in [-0.4, -0.2) is 77.4 Å². The number of benzene rings is 4. The zero-order chi connectivity index (χ0) is 36.8. The van der Waals surface area contributed by atoms with Crippen LogP contribution in [0, 0.1) is 5.92 Å². The minimum atomic E-state index is -0.389. The first-order valence-electron chi connectivity index (χ1n) is 19.5. The molecular weight excluding hydrogens is 677 g/mol. The molecule has 3 saturated heterocycles. The molecule has 0 saturated carbocycles. The second kappa shape index (κ2) is 14.6. The zero-order valence-electron chi connectivity index (χ0n) is 30.9. The SMILES string of the molecule is Cn1nc([C@H]2CCC(=O)NC2=O)c2ccc(N3CCN(CC4CCN(c5ccc([C@@H]6c7ccc(O)cc7CO[C@@H]6c6ccccc6)cc5)CC4)CC3)cc21. The van der Waals surface area contributed by atoms with Crippen molar-refractivity contribution in [3.05, 3.63) is 119 Å². The Morgan fingerprint density at radius 1 is 0.796 bits per heavy atom. The Morgan fingerprint density at radius 3 is 2.30 bits per heavy atom. The van der Waals surface area contributed by atoms with Crippen molar-refractivity contribution in [1.82, 2.24) is 20.0 Å². The van der Waals surface area contributed by atoms with Crippen molar-refractivity contribution in [2.24, 2.45) is 13.0 Å². The molecule has 4 aliphatic rings. The summed E-state index contributed by atoms with van der Waals surface area (Å²) in [5.41, 5.74) is 8.91. The number of piperazine rings is 1. The summed E-state index contributed by atoms with van der Waals surface area (Å²) in [4.78, 5) is 31.9. The highest BCUT2D eigenvalue weighted by molar-refractivity contribution is 6.02. The minimum absolute atomic E-state index is 0.0490. The number of piperidine rings is 2. The average Bonchev–Trinajstić information content (AvgIpc) is 3.53. The van der Waals surface area contributed by atoms with Gasteiger partial charge in [0.2, 0.25) is 11.8 Å². The van der Waals surface area contributed by atoms with Gasteiger partial charge in [-0.15, -0.1) is 0 Å². The summed E-state index contributed by atoms with van der Waals surface area (Å²) in [6, 6.07) is 31.7. The number of nitrogens with one attached hydrogen (secondary N) is 1. The second-order valence-electron chi connectivity index (χ2n) is 15.5. The van der Waals surface area contributed by atoms with Gasteiger partial charge >= 0.3 is 0 Å². The van der Waals surface area contributed by atoms with Gasteiger partial charge in [0, 0.05) is 82.0 Å². The van der Waals surface area contributed by atoms with Crippen LogP contribution < -0.4 is 15.1 Å². The van der Waals surface area contributed by atoms with Gasteiger partial charge in [-0.2, -0.15) is 5.10 Å². The Bertz CT molecular complexity index is 2150. The van der Waals surface area contributed by atoms with Gasteiger partial charge in [-0.3, -0.25) is 24.5 Å². The average molecular weight is 725 g/mol. The molecule has 9 rings (SSSR count). The molecule has 5 heterocycles. The molecule has 0 unspecified atom stereocenters. The number of hydrogen-bond donors (Lipinski definition) is 2. The number of imide groups is 1. The molecule has 2 amide bonds. The van der Waals surface area contributed by atoms with Crippen molar-refractivity contribution in [3.8, 4) is 5.75 Å². The predicted octanol–water partition coefficient (Wildman–Crippen LogP) is 6.24. The van der Waals surface area contributed by atoms with Crippen LogP contribution in [0.1, 0.15) is 71.6 Å². The van der Waals surface area contributed by atoms with Gasteiger partial charge in [-0.05, 0) is 89.9 Å². The number of aryl methyl sites for hydroxylation is 1. The number of nitrogens with zero attached hydrogens (tertiary/aromatic N) is 5. The van der Waals surface area contributed by atoms with E-state index in [1.165, 1.54) is 40.9 Å². The molecule has 3 atom stereocenters. The monoisotopic (exact) mass is 724 g/mol. The number of aromatic nitrogens is 2. The second-order valence-corrected chi connectivity index (χ2v) is 15.5. The number of rotatable bonds is 7. The van der Waals surface area contributed by atoms with Crippen LogP contribution in [0.2, 0.25) is 0 Å². The first-order chi connectivity index (χ1) is 26.4. The Balaban J connectivity index is 0.797. The molecular formula is C44H48N6O4. The van der Waals surface area contributed by atoms with Gasteiger partial charge in [0.25, 0.3) is 0 Å². The van der Waals surface area contributed by atoms with Crippen molar-refractivity contribution in [2.45, 2.75) is 50.2 Å². The van der Waals surface area contributed by atoms with Gasteiger partial charge in [0.05, 0.1) is 29.8 Å². The van der Waals surface area contributed by atoms with Crippen LogP contribution in [0.3, 0.4) is 0 Å². The van der Waals surface area contributed by atoms with Crippen LogP contribution in [0.25, 0.3) is 10.9 Å². The van der Waals surface area contributed by atoms with Crippen LogP contribution in [0.4, 0.5) is 11.4 Å². The quantitative estimate of drug-likeness (QED) is 0.190. The number of anilines is 2. The van der Waals surface area contributed by atoms with Crippen molar-refractivity contribution in [3.63, 3.8) is 0 Å². The lowest BCUT2D eigenvalue weighted by atomic mass is 9.79. The fraction of sp³-hybridized carbons (Fsp3) is 0.386. The van der Waals surface area contributed by atoms with Crippen LogP contribution in [0.15, 0.2) is 91.0 Å². The third kappa shape index (κ3) is 6.73. The Kier molecular flexibility index (Phi) is 9.32. The van der Waals surface area contributed by atoms with E-state index in [0.717, 1.165) is 68.0 Å².